The first-order chi connectivity index (χ1) is 6.36. The highest BCUT2D eigenvalue weighted by Gasteiger charge is 2.10. The zero-order valence-corrected chi connectivity index (χ0v) is 9.07. The quantitative estimate of drug-likeness (QED) is 0.609. The fraction of sp³-hybridized carbons (Fsp3) is 0.455. The Kier molecular flexibility index (Phi) is 3.07. The average molecular weight is 213 g/mol. The largest absolute Gasteiger partial charge is 0.152 e. The van der Waals surface area contributed by atoms with E-state index in [4.69, 9.17) is 11.6 Å². The molecule has 1 aliphatic carbocycles. The molecule has 0 spiro atoms. The number of rotatable bonds is 1. The number of hydrogen-bond donors (Lipinski definition) is 0. The normalized spacial score (nSPS) is 23.8. The molecule has 0 saturated heterocycles. The monoisotopic (exact) mass is 212 g/mol. The summed E-state index contributed by atoms with van der Waals surface area (Å²) in [6, 6.07) is 2.19. The number of hydrogen-bond acceptors (Lipinski definition) is 1. The van der Waals surface area contributed by atoms with Crippen molar-refractivity contribution in [1.82, 2.24) is 0 Å². The zero-order chi connectivity index (χ0) is 9.10. The Balaban J connectivity index is 2.21. The maximum Gasteiger partial charge on any atom is 0.0521 e. The van der Waals surface area contributed by atoms with Crippen molar-refractivity contribution in [2.75, 3.05) is 0 Å². The SMILES string of the molecule is ClC1C=C(c2ccsc2)CCCC1. The zero-order valence-electron chi connectivity index (χ0n) is 7.50. The lowest BCUT2D eigenvalue weighted by Crippen LogP contribution is -1.90. The Hall–Kier alpha value is -0.270. The Bertz CT molecular complexity index is 287. The van der Waals surface area contributed by atoms with E-state index in [2.05, 4.69) is 22.9 Å². The van der Waals surface area contributed by atoms with Crippen LogP contribution in [-0.2, 0) is 0 Å². The molecular weight excluding hydrogens is 200 g/mol. The molecule has 1 unspecified atom stereocenters. The Labute approximate surface area is 88.2 Å². The molecule has 2 heteroatoms. The van der Waals surface area contributed by atoms with Gasteiger partial charge in [-0.1, -0.05) is 12.5 Å². The lowest BCUT2D eigenvalue weighted by molar-refractivity contribution is 0.724. The summed E-state index contributed by atoms with van der Waals surface area (Å²) in [6.07, 6.45) is 7.11. The molecule has 1 atom stereocenters. The summed E-state index contributed by atoms with van der Waals surface area (Å²) in [4.78, 5) is 0. The van der Waals surface area contributed by atoms with Gasteiger partial charge in [-0.3, -0.25) is 0 Å². The van der Waals surface area contributed by atoms with Crippen LogP contribution in [0.5, 0.6) is 0 Å². The van der Waals surface area contributed by atoms with E-state index in [9.17, 15) is 0 Å². The molecule has 1 heterocycles. The summed E-state index contributed by atoms with van der Waals surface area (Å²) in [5.41, 5.74) is 2.82. The Morgan fingerprint density at radius 3 is 3.08 bits per heavy atom. The van der Waals surface area contributed by atoms with Crippen LogP contribution >= 0.6 is 22.9 Å². The van der Waals surface area contributed by atoms with E-state index in [0.717, 1.165) is 6.42 Å². The molecule has 0 amide bonds. The predicted octanol–water partition coefficient (Wildman–Crippen LogP) is 4.31. The van der Waals surface area contributed by atoms with Crippen molar-refractivity contribution in [3.63, 3.8) is 0 Å². The Morgan fingerprint density at radius 2 is 2.31 bits per heavy atom. The van der Waals surface area contributed by atoms with Crippen LogP contribution in [0.1, 0.15) is 31.2 Å². The molecule has 0 nitrogen and oxygen atoms in total. The molecular formula is C11H13ClS. The Morgan fingerprint density at radius 1 is 1.38 bits per heavy atom. The lowest BCUT2D eigenvalue weighted by atomic mass is 10.1. The highest BCUT2D eigenvalue weighted by atomic mass is 35.5. The summed E-state index contributed by atoms with van der Waals surface area (Å²) < 4.78 is 0. The topological polar surface area (TPSA) is 0 Å². The minimum atomic E-state index is 0.248. The fourth-order valence-electron chi connectivity index (χ4n) is 1.73. The summed E-state index contributed by atoms with van der Waals surface area (Å²) in [6.45, 7) is 0. The van der Waals surface area contributed by atoms with Gasteiger partial charge >= 0.3 is 0 Å². The smallest absolute Gasteiger partial charge is 0.0521 e. The van der Waals surface area contributed by atoms with E-state index in [0.29, 0.717) is 0 Å². The number of halogens is 1. The highest BCUT2D eigenvalue weighted by Crippen LogP contribution is 2.29. The van der Waals surface area contributed by atoms with Crippen molar-refractivity contribution >= 4 is 28.5 Å². The molecule has 0 fully saturated rings. The molecule has 70 valence electrons. The second-order valence-electron chi connectivity index (χ2n) is 3.47. The third-order valence-corrected chi connectivity index (χ3v) is 3.48. The number of thiophene rings is 1. The molecule has 1 aromatic heterocycles. The first-order valence-electron chi connectivity index (χ1n) is 4.73. The van der Waals surface area contributed by atoms with Crippen molar-refractivity contribution in [3.8, 4) is 0 Å². The third-order valence-electron chi connectivity index (χ3n) is 2.45. The summed E-state index contributed by atoms with van der Waals surface area (Å²) in [7, 11) is 0. The van der Waals surface area contributed by atoms with E-state index in [1.54, 1.807) is 11.3 Å². The molecule has 0 aliphatic heterocycles. The van der Waals surface area contributed by atoms with Gasteiger partial charge in [0.25, 0.3) is 0 Å². The van der Waals surface area contributed by atoms with Crippen molar-refractivity contribution < 1.29 is 0 Å². The third kappa shape index (κ3) is 2.35. The second kappa shape index (κ2) is 4.30. The van der Waals surface area contributed by atoms with Gasteiger partial charge in [0.05, 0.1) is 5.38 Å². The highest BCUT2D eigenvalue weighted by molar-refractivity contribution is 7.08. The van der Waals surface area contributed by atoms with Crippen LogP contribution in [0.2, 0.25) is 0 Å². The predicted molar refractivity (Wildman–Crippen MR) is 60.4 cm³/mol. The number of allylic oxidation sites excluding steroid dienone is 2. The van der Waals surface area contributed by atoms with Crippen molar-refractivity contribution in [2.24, 2.45) is 0 Å². The first-order valence-corrected chi connectivity index (χ1v) is 6.11. The van der Waals surface area contributed by atoms with Gasteiger partial charge in [-0.05, 0) is 47.2 Å². The van der Waals surface area contributed by atoms with Crippen molar-refractivity contribution in [2.45, 2.75) is 31.1 Å². The van der Waals surface area contributed by atoms with Crippen LogP contribution in [-0.4, -0.2) is 5.38 Å². The maximum absolute atomic E-state index is 6.16. The van der Waals surface area contributed by atoms with Crippen LogP contribution in [0.3, 0.4) is 0 Å². The molecule has 0 bridgehead atoms. The van der Waals surface area contributed by atoms with Gasteiger partial charge in [0.15, 0.2) is 0 Å². The molecule has 0 aromatic carbocycles. The van der Waals surface area contributed by atoms with Crippen molar-refractivity contribution in [1.29, 1.82) is 0 Å². The fourth-order valence-corrected chi connectivity index (χ4v) is 2.71. The van der Waals surface area contributed by atoms with Crippen LogP contribution < -0.4 is 0 Å². The molecule has 13 heavy (non-hydrogen) atoms. The van der Waals surface area contributed by atoms with Crippen molar-refractivity contribution in [3.05, 3.63) is 28.5 Å². The van der Waals surface area contributed by atoms with Gasteiger partial charge < -0.3 is 0 Å². The second-order valence-corrected chi connectivity index (χ2v) is 4.81. The van der Waals surface area contributed by atoms with Crippen LogP contribution in [0, 0.1) is 0 Å². The minimum Gasteiger partial charge on any atom is -0.152 e. The first kappa shape index (κ1) is 9.29. The van der Waals surface area contributed by atoms with Gasteiger partial charge in [-0.25, -0.2) is 0 Å². The van der Waals surface area contributed by atoms with E-state index in [-0.39, 0.29) is 5.38 Å². The van der Waals surface area contributed by atoms with E-state index in [1.165, 1.54) is 30.4 Å². The average Bonchev–Trinajstić information content (AvgIpc) is 2.56. The van der Waals surface area contributed by atoms with E-state index in [1.807, 2.05) is 0 Å². The van der Waals surface area contributed by atoms with Gasteiger partial charge in [0.1, 0.15) is 0 Å². The van der Waals surface area contributed by atoms with Gasteiger partial charge in [0, 0.05) is 0 Å². The minimum absolute atomic E-state index is 0.248. The molecule has 1 aromatic rings. The standard InChI is InChI=1S/C11H13ClS/c12-11-4-2-1-3-9(7-11)10-5-6-13-8-10/h5-8,11H,1-4H2. The number of alkyl halides is 1. The van der Waals surface area contributed by atoms with Gasteiger partial charge in [-0.15, -0.1) is 11.6 Å². The molecule has 0 radical (unpaired) electrons. The van der Waals surface area contributed by atoms with E-state index >= 15 is 0 Å². The maximum atomic E-state index is 6.16. The van der Waals surface area contributed by atoms with Crippen LogP contribution in [0.4, 0.5) is 0 Å². The van der Waals surface area contributed by atoms with E-state index < -0.39 is 0 Å². The summed E-state index contributed by atoms with van der Waals surface area (Å²) in [5, 5.41) is 4.59. The lowest BCUT2D eigenvalue weighted by Gasteiger charge is -2.02. The van der Waals surface area contributed by atoms with Gasteiger partial charge in [-0.2, -0.15) is 11.3 Å². The summed E-state index contributed by atoms with van der Waals surface area (Å²) in [5.74, 6) is 0. The molecule has 0 saturated carbocycles. The molecule has 2 rings (SSSR count). The van der Waals surface area contributed by atoms with Crippen LogP contribution in [0.15, 0.2) is 22.9 Å². The molecule has 1 aliphatic rings. The molecule has 0 N–H and O–H groups in total. The van der Waals surface area contributed by atoms with Crippen LogP contribution in [0.25, 0.3) is 5.57 Å². The van der Waals surface area contributed by atoms with Gasteiger partial charge in [0.2, 0.25) is 0 Å². The summed E-state index contributed by atoms with van der Waals surface area (Å²) >= 11 is 7.92.